The Balaban J connectivity index is 1.77. The lowest BCUT2D eigenvalue weighted by Gasteiger charge is -2.26. The molecule has 3 heterocycles. The Morgan fingerprint density at radius 1 is 1.40 bits per heavy atom. The van der Waals surface area contributed by atoms with Gasteiger partial charge >= 0.3 is 0 Å². The van der Waals surface area contributed by atoms with Crippen molar-refractivity contribution >= 4 is 33.7 Å². The number of hydrogen-bond acceptors (Lipinski definition) is 5. The first-order valence-corrected chi connectivity index (χ1v) is 8.52. The summed E-state index contributed by atoms with van der Waals surface area (Å²) in [7, 11) is 0. The van der Waals surface area contributed by atoms with E-state index in [1.807, 2.05) is 18.2 Å². The molecule has 7 heteroatoms. The molecule has 0 saturated carbocycles. The summed E-state index contributed by atoms with van der Waals surface area (Å²) in [4.78, 5) is 20.2. The molecule has 130 valence electrons. The molecule has 1 amide bonds. The second kappa shape index (κ2) is 6.33. The molecular weight excluding hydrogens is 318 g/mol. The molecule has 0 radical (unpaired) electrons. The molecule has 3 aromatic rings. The Morgan fingerprint density at radius 3 is 3.08 bits per heavy atom. The van der Waals surface area contributed by atoms with Crippen LogP contribution in [-0.4, -0.2) is 33.6 Å². The van der Waals surface area contributed by atoms with E-state index in [1.165, 1.54) is 6.92 Å². The van der Waals surface area contributed by atoms with E-state index in [1.54, 1.807) is 0 Å². The number of imidazole rings is 1. The molecule has 2 aromatic heterocycles. The van der Waals surface area contributed by atoms with E-state index in [4.69, 9.17) is 15.5 Å². The number of nitrogens with zero attached hydrogens (tertiary/aromatic N) is 3. The van der Waals surface area contributed by atoms with Crippen LogP contribution in [0.4, 0.5) is 5.82 Å². The predicted octanol–water partition coefficient (Wildman–Crippen LogP) is 2.15. The summed E-state index contributed by atoms with van der Waals surface area (Å²) in [5.41, 5.74) is 8.81. The van der Waals surface area contributed by atoms with Gasteiger partial charge in [0.2, 0.25) is 5.91 Å². The number of amides is 1. The highest BCUT2D eigenvalue weighted by Gasteiger charge is 2.26. The van der Waals surface area contributed by atoms with E-state index >= 15 is 0 Å². The molecule has 0 fully saturated rings. The highest BCUT2D eigenvalue weighted by Crippen LogP contribution is 2.34. The first-order valence-electron chi connectivity index (χ1n) is 8.52. The number of pyridine rings is 1. The minimum Gasteiger partial charge on any atom is -0.382 e. The maximum atomic E-state index is 11.0. The number of anilines is 1. The first-order chi connectivity index (χ1) is 12.1. The number of para-hydroxylation sites is 1. The maximum absolute atomic E-state index is 11.0. The van der Waals surface area contributed by atoms with Crippen LogP contribution >= 0.6 is 0 Å². The summed E-state index contributed by atoms with van der Waals surface area (Å²) in [6, 6.07) is 8.17. The molecular formula is C18H21N5O2. The second-order valence-electron chi connectivity index (χ2n) is 6.40. The lowest BCUT2D eigenvalue weighted by atomic mass is 10.1. The number of aromatic nitrogens is 3. The molecule has 0 unspecified atom stereocenters. The molecule has 1 atom stereocenters. The molecule has 1 aliphatic rings. The molecule has 0 saturated heterocycles. The summed E-state index contributed by atoms with van der Waals surface area (Å²) >= 11 is 0. The average Bonchev–Trinajstić information content (AvgIpc) is 3.00. The van der Waals surface area contributed by atoms with Gasteiger partial charge in [-0.3, -0.25) is 4.79 Å². The molecule has 0 bridgehead atoms. The summed E-state index contributed by atoms with van der Waals surface area (Å²) < 4.78 is 7.99. The van der Waals surface area contributed by atoms with E-state index in [0.717, 1.165) is 40.6 Å². The molecule has 25 heavy (non-hydrogen) atoms. The number of hydrogen-bond donors (Lipinski definition) is 2. The number of carbonyl (C=O) groups is 1. The molecule has 3 N–H and O–H groups in total. The van der Waals surface area contributed by atoms with Crippen LogP contribution in [0.5, 0.6) is 0 Å². The van der Waals surface area contributed by atoms with Gasteiger partial charge in [-0.15, -0.1) is 0 Å². The number of benzene rings is 1. The maximum Gasteiger partial charge on any atom is 0.216 e. The summed E-state index contributed by atoms with van der Waals surface area (Å²) in [6.07, 6.45) is 1.78. The van der Waals surface area contributed by atoms with Gasteiger partial charge in [0.1, 0.15) is 17.9 Å². The molecule has 1 aromatic carbocycles. The Hall–Kier alpha value is -2.67. The minimum absolute atomic E-state index is 0.00138. The Labute approximate surface area is 145 Å². The average molecular weight is 339 g/mol. The van der Waals surface area contributed by atoms with Gasteiger partial charge in [-0.1, -0.05) is 18.2 Å². The van der Waals surface area contributed by atoms with Gasteiger partial charge in [-0.05, 0) is 18.9 Å². The fourth-order valence-electron chi connectivity index (χ4n) is 3.54. The van der Waals surface area contributed by atoms with Gasteiger partial charge < -0.3 is 20.4 Å². The van der Waals surface area contributed by atoms with E-state index in [2.05, 4.69) is 20.9 Å². The highest BCUT2D eigenvalue weighted by atomic mass is 16.5. The number of fused-ring (bicyclic) bond motifs is 5. The Kier molecular flexibility index (Phi) is 4.01. The van der Waals surface area contributed by atoms with Crippen molar-refractivity contribution in [1.29, 1.82) is 0 Å². The third kappa shape index (κ3) is 2.80. The van der Waals surface area contributed by atoms with Crippen molar-refractivity contribution in [2.75, 3.05) is 18.9 Å². The summed E-state index contributed by atoms with van der Waals surface area (Å²) in [5, 5.41) is 3.90. The lowest BCUT2D eigenvalue weighted by Crippen LogP contribution is -2.26. The van der Waals surface area contributed by atoms with Crippen LogP contribution in [0.3, 0.4) is 0 Å². The zero-order chi connectivity index (χ0) is 17.4. The molecule has 4 rings (SSSR count). The second-order valence-corrected chi connectivity index (χ2v) is 6.40. The zero-order valence-corrected chi connectivity index (χ0v) is 14.2. The topological polar surface area (TPSA) is 95.1 Å². The van der Waals surface area contributed by atoms with Gasteiger partial charge in [0.05, 0.1) is 23.7 Å². The highest BCUT2D eigenvalue weighted by molar-refractivity contribution is 6.06. The van der Waals surface area contributed by atoms with E-state index in [-0.39, 0.29) is 11.9 Å². The van der Waals surface area contributed by atoms with Gasteiger partial charge in [0, 0.05) is 18.9 Å². The number of nitrogens with one attached hydrogen (secondary N) is 1. The van der Waals surface area contributed by atoms with Crippen LogP contribution in [0, 0.1) is 0 Å². The summed E-state index contributed by atoms with van der Waals surface area (Å²) in [5.74, 6) is 1.33. The number of rotatable bonds is 4. The Morgan fingerprint density at radius 2 is 2.24 bits per heavy atom. The SMILES string of the molecule is CC(=O)NCCC[C@H]1COCc2nc3c(N)nc4ccccc4c3n21. The molecule has 7 nitrogen and oxygen atoms in total. The third-order valence-electron chi connectivity index (χ3n) is 4.62. The standard InChI is InChI=1S/C18H21N5O2/c1-11(24)20-8-4-5-12-9-25-10-15-22-16-17(23(12)15)13-6-2-3-7-14(13)21-18(16)19/h2-3,6-7,12H,4-5,8-10H2,1H3,(H2,19,21)(H,20,24)/t12-/m0/s1. The van der Waals surface area contributed by atoms with E-state index in [9.17, 15) is 4.79 Å². The van der Waals surface area contributed by atoms with Crippen molar-refractivity contribution < 1.29 is 9.53 Å². The van der Waals surface area contributed by atoms with Crippen molar-refractivity contribution in [3.63, 3.8) is 0 Å². The molecule has 1 aliphatic heterocycles. The zero-order valence-electron chi connectivity index (χ0n) is 14.2. The normalized spacial score (nSPS) is 16.9. The number of ether oxygens (including phenoxy) is 1. The molecule has 0 aliphatic carbocycles. The smallest absolute Gasteiger partial charge is 0.216 e. The lowest BCUT2D eigenvalue weighted by molar-refractivity contribution is -0.118. The van der Waals surface area contributed by atoms with Crippen LogP contribution in [-0.2, 0) is 16.1 Å². The van der Waals surface area contributed by atoms with Crippen LogP contribution < -0.4 is 11.1 Å². The Bertz CT molecular complexity index is 949. The fourth-order valence-corrected chi connectivity index (χ4v) is 3.54. The van der Waals surface area contributed by atoms with Crippen molar-refractivity contribution in [1.82, 2.24) is 19.9 Å². The molecule has 0 spiro atoms. The van der Waals surface area contributed by atoms with E-state index < -0.39 is 0 Å². The first kappa shape index (κ1) is 15.8. The fraction of sp³-hybridized carbons (Fsp3) is 0.389. The van der Waals surface area contributed by atoms with Gasteiger partial charge in [-0.25, -0.2) is 9.97 Å². The van der Waals surface area contributed by atoms with Crippen LogP contribution in [0.1, 0.15) is 31.6 Å². The van der Waals surface area contributed by atoms with Gasteiger partial charge in [-0.2, -0.15) is 0 Å². The number of nitrogens with two attached hydrogens (primary N) is 1. The third-order valence-corrected chi connectivity index (χ3v) is 4.62. The van der Waals surface area contributed by atoms with E-state index in [0.29, 0.717) is 25.6 Å². The van der Waals surface area contributed by atoms with Crippen molar-refractivity contribution in [2.45, 2.75) is 32.4 Å². The monoisotopic (exact) mass is 339 g/mol. The summed E-state index contributed by atoms with van der Waals surface area (Å²) in [6.45, 7) is 3.31. The van der Waals surface area contributed by atoms with Crippen LogP contribution in [0.2, 0.25) is 0 Å². The number of nitrogen functional groups attached to an aromatic ring is 1. The quantitative estimate of drug-likeness (QED) is 0.710. The van der Waals surface area contributed by atoms with Crippen molar-refractivity contribution in [3.05, 3.63) is 30.1 Å². The van der Waals surface area contributed by atoms with Crippen LogP contribution in [0.15, 0.2) is 24.3 Å². The van der Waals surface area contributed by atoms with Crippen LogP contribution in [0.25, 0.3) is 21.9 Å². The largest absolute Gasteiger partial charge is 0.382 e. The minimum atomic E-state index is -0.00138. The number of carbonyl (C=O) groups excluding carboxylic acids is 1. The van der Waals surface area contributed by atoms with Gasteiger partial charge in [0.15, 0.2) is 5.82 Å². The van der Waals surface area contributed by atoms with Crippen molar-refractivity contribution in [2.24, 2.45) is 0 Å². The van der Waals surface area contributed by atoms with Gasteiger partial charge in [0.25, 0.3) is 0 Å². The van der Waals surface area contributed by atoms with Crippen molar-refractivity contribution in [3.8, 4) is 0 Å². The predicted molar refractivity (Wildman–Crippen MR) is 96.1 cm³/mol.